The van der Waals surface area contributed by atoms with Crippen molar-refractivity contribution < 1.29 is 9.15 Å². The maximum atomic E-state index is 12.1. The van der Waals surface area contributed by atoms with Crippen molar-refractivity contribution in [2.45, 2.75) is 19.5 Å². The molecule has 1 aliphatic heterocycles. The number of aromatic amines is 2. The van der Waals surface area contributed by atoms with Crippen LogP contribution in [-0.4, -0.2) is 28.5 Å². The Balaban J connectivity index is 1.51. The van der Waals surface area contributed by atoms with Crippen molar-refractivity contribution in [3.63, 3.8) is 0 Å². The van der Waals surface area contributed by atoms with E-state index >= 15 is 0 Å². The second kappa shape index (κ2) is 7.34. The highest BCUT2D eigenvalue weighted by Gasteiger charge is 2.21. The number of nitrogens with one attached hydrogen (secondary N) is 2. The number of halogens is 1. The standard InChI is InChI=1S/C19H18ClN3O3S/c1-25-17-4-2-11(8-14(17)20)16-5-3-12(26-16)9-23-7-6-15-13(10-23)18(24)22-19(27)21-15/h2-5,8H,6-7,9-10H2,1H3,(H2,21,22,24,27). The van der Waals surface area contributed by atoms with E-state index in [2.05, 4.69) is 14.9 Å². The van der Waals surface area contributed by atoms with E-state index in [1.807, 2.05) is 30.3 Å². The Labute approximate surface area is 165 Å². The van der Waals surface area contributed by atoms with Gasteiger partial charge >= 0.3 is 0 Å². The first-order valence-electron chi connectivity index (χ1n) is 8.53. The molecule has 0 unspecified atom stereocenters. The fraction of sp³-hybridized carbons (Fsp3) is 0.263. The molecule has 1 aromatic carbocycles. The van der Waals surface area contributed by atoms with E-state index in [0.717, 1.165) is 41.3 Å². The van der Waals surface area contributed by atoms with E-state index in [0.29, 0.717) is 28.6 Å². The molecule has 0 aliphatic carbocycles. The summed E-state index contributed by atoms with van der Waals surface area (Å²) in [7, 11) is 1.58. The number of rotatable bonds is 4. The van der Waals surface area contributed by atoms with Gasteiger partial charge in [0.05, 0.1) is 24.2 Å². The molecule has 0 saturated heterocycles. The van der Waals surface area contributed by atoms with Gasteiger partial charge in [-0.05, 0) is 42.5 Å². The van der Waals surface area contributed by atoms with Gasteiger partial charge in [0.2, 0.25) is 0 Å². The maximum Gasteiger partial charge on any atom is 0.256 e. The number of H-pyrrole nitrogens is 2. The van der Waals surface area contributed by atoms with Gasteiger partial charge in [0, 0.05) is 30.8 Å². The van der Waals surface area contributed by atoms with Crippen molar-refractivity contribution in [1.82, 2.24) is 14.9 Å². The molecule has 2 aromatic heterocycles. The Morgan fingerprint density at radius 1 is 1.30 bits per heavy atom. The number of ether oxygens (including phenoxy) is 1. The molecule has 0 atom stereocenters. The van der Waals surface area contributed by atoms with Gasteiger partial charge in [0.1, 0.15) is 17.3 Å². The number of hydrogen-bond acceptors (Lipinski definition) is 5. The van der Waals surface area contributed by atoms with Crippen LogP contribution in [0.1, 0.15) is 17.0 Å². The van der Waals surface area contributed by atoms with Gasteiger partial charge in [-0.2, -0.15) is 0 Å². The van der Waals surface area contributed by atoms with E-state index in [1.165, 1.54) is 0 Å². The second-order valence-electron chi connectivity index (χ2n) is 6.44. The van der Waals surface area contributed by atoms with Gasteiger partial charge in [-0.15, -0.1) is 0 Å². The molecule has 2 N–H and O–H groups in total. The average Bonchev–Trinajstić information content (AvgIpc) is 3.10. The topological polar surface area (TPSA) is 74.3 Å². The zero-order chi connectivity index (χ0) is 19.0. The fourth-order valence-corrected chi connectivity index (χ4v) is 3.78. The minimum absolute atomic E-state index is 0.119. The summed E-state index contributed by atoms with van der Waals surface area (Å²) in [6.45, 7) is 2.01. The molecule has 140 valence electrons. The second-order valence-corrected chi connectivity index (χ2v) is 7.26. The number of furan rings is 1. The molecule has 0 saturated carbocycles. The number of aromatic nitrogens is 2. The summed E-state index contributed by atoms with van der Waals surface area (Å²) in [5.74, 6) is 2.21. The molecular weight excluding hydrogens is 386 g/mol. The summed E-state index contributed by atoms with van der Waals surface area (Å²) >= 11 is 11.2. The number of methoxy groups -OCH3 is 1. The van der Waals surface area contributed by atoms with Crippen molar-refractivity contribution >= 4 is 23.8 Å². The number of nitrogens with zero attached hydrogens (tertiary/aromatic N) is 1. The summed E-state index contributed by atoms with van der Waals surface area (Å²) in [4.78, 5) is 20.1. The quantitative estimate of drug-likeness (QED) is 0.646. The third kappa shape index (κ3) is 3.71. The predicted octanol–water partition coefficient (Wildman–Crippen LogP) is 3.91. The lowest BCUT2D eigenvalue weighted by Crippen LogP contribution is -2.35. The third-order valence-corrected chi connectivity index (χ3v) is 5.17. The van der Waals surface area contributed by atoms with E-state index in [1.54, 1.807) is 7.11 Å². The predicted molar refractivity (Wildman–Crippen MR) is 106 cm³/mol. The third-order valence-electron chi connectivity index (χ3n) is 4.67. The van der Waals surface area contributed by atoms with Crippen LogP contribution in [0.2, 0.25) is 5.02 Å². The van der Waals surface area contributed by atoms with Crippen molar-refractivity contribution in [1.29, 1.82) is 0 Å². The monoisotopic (exact) mass is 403 g/mol. The van der Waals surface area contributed by atoms with Crippen LogP contribution in [0.25, 0.3) is 11.3 Å². The van der Waals surface area contributed by atoms with Gasteiger partial charge < -0.3 is 14.1 Å². The molecule has 0 bridgehead atoms. The van der Waals surface area contributed by atoms with Crippen molar-refractivity contribution in [2.24, 2.45) is 0 Å². The van der Waals surface area contributed by atoms with Crippen molar-refractivity contribution in [3.05, 3.63) is 67.5 Å². The average molecular weight is 404 g/mol. The molecule has 6 nitrogen and oxygen atoms in total. The Bertz CT molecular complexity index is 1100. The van der Waals surface area contributed by atoms with Gasteiger partial charge in [0.25, 0.3) is 5.56 Å². The van der Waals surface area contributed by atoms with Crippen LogP contribution < -0.4 is 10.3 Å². The SMILES string of the molecule is COc1ccc(-c2ccc(CN3CCc4[nH]c(=S)[nH]c(=O)c4C3)o2)cc1Cl. The fourth-order valence-electron chi connectivity index (χ4n) is 3.31. The number of hydrogen-bond donors (Lipinski definition) is 2. The highest BCUT2D eigenvalue weighted by Crippen LogP contribution is 2.31. The Hall–Kier alpha value is -2.35. The van der Waals surface area contributed by atoms with Gasteiger partial charge in [-0.1, -0.05) is 11.6 Å². The van der Waals surface area contributed by atoms with Crippen LogP contribution in [0, 0.1) is 4.77 Å². The summed E-state index contributed by atoms with van der Waals surface area (Å²) in [5.41, 5.74) is 2.43. The Kier molecular flexibility index (Phi) is 4.90. The molecule has 0 amide bonds. The normalized spacial score (nSPS) is 14.1. The lowest BCUT2D eigenvalue weighted by molar-refractivity contribution is 0.223. The Morgan fingerprint density at radius 3 is 2.93 bits per heavy atom. The van der Waals surface area contributed by atoms with Crippen LogP contribution in [0.3, 0.4) is 0 Å². The zero-order valence-electron chi connectivity index (χ0n) is 14.7. The van der Waals surface area contributed by atoms with E-state index < -0.39 is 0 Å². The van der Waals surface area contributed by atoms with Gasteiger partial charge in [0.15, 0.2) is 4.77 Å². The molecule has 27 heavy (non-hydrogen) atoms. The van der Waals surface area contributed by atoms with Crippen LogP contribution in [0.5, 0.6) is 5.75 Å². The van der Waals surface area contributed by atoms with E-state index in [-0.39, 0.29) is 5.56 Å². The Morgan fingerprint density at radius 2 is 2.15 bits per heavy atom. The summed E-state index contributed by atoms with van der Waals surface area (Å²) < 4.78 is 11.5. The smallest absolute Gasteiger partial charge is 0.256 e. The van der Waals surface area contributed by atoms with Crippen LogP contribution in [0.15, 0.2) is 39.5 Å². The minimum atomic E-state index is -0.119. The highest BCUT2D eigenvalue weighted by molar-refractivity contribution is 7.71. The lowest BCUT2D eigenvalue weighted by Gasteiger charge is -2.26. The van der Waals surface area contributed by atoms with Crippen LogP contribution in [0.4, 0.5) is 0 Å². The number of benzene rings is 1. The molecule has 8 heteroatoms. The first kappa shape index (κ1) is 18.0. The zero-order valence-corrected chi connectivity index (χ0v) is 16.2. The summed E-state index contributed by atoms with van der Waals surface area (Å²) in [6, 6.07) is 9.42. The summed E-state index contributed by atoms with van der Waals surface area (Å²) in [5, 5.41) is 0.539. The van der Waals surface area contributed by atoms with Crippen LogP contribution in [-0.2, 0) is 19.5 Å². The molecule has 0 spiro atoms. The molecule has 3 heterocycles. The van der Waals surface area contributed by atoms with Crippen LogP contribution >= 0.6 is 23.8 Å². The van der Waals surface area contributed by atoms with Crippen molar-refractivity contribution in [2.75, 3.05) is 13.7 Å². The van der Waals surface area contributed by atoms with Crippen molar-refractivity contribution in [3.8, 4) is 17.1 Å². The molecule has 3 aromatic rings. The highest BCUT2D eigenvalue weighted by atomic mass is 35.5. The first-order chi connectivity index (χ1) is 13.0. The van der Waals surface area contributed by atoms with E-state index in [9.17, 15) is 4.79 Å². The molecule has 0 fully saturated rings. The largest absolute Gasteiger partial charge is 0.495 e. The maximum absolute atomic E-state index is 12.1. The first-order valence-corrected chi connectivity index (χ1v) is 9.31. The minimum Gasteiger partial charge on any atom is -0.495 e. The molecule has 0 radical (unpaired) electrons. The number of fused-ring (bicyclic) bond motifs is 1. The molecule has 1 aliphatic rings. The summed E-state index contributed by atoms with van der Waals surface area (Å²) in [6.07, 6.45) is 0.755. The van der Waals surface area contributed by atoms with Gasteiger partial charge in [-0.3, -0.25) is 14.7 Å². The molecule has 4 rings (SSSR count). The lowest BCUT2D eigenvalue weighted by atomic mass is 10.1. The van der Waals surface area contributed by atoms with E-state index in [4.69, 9.17) is 33.0 Å². The van der Waals surface area contributed by atoms with Gasteiger partial charge in [-0.25, -0.2) is 0 Å². The molecular formula is C19H18ClN3O3S.